The SMILES string of the molecule is Clc1c2ccccc2cc2oc3c(c12)C=CNC3. The summed E-state index contributed by atoms with van der Waals surface area (Å²) in [7, 11) is 0. The Morgan fingerprint density at radius 1 is 1.22 bits per heavy atom. The smallest absolute Gasteiger partial charge is 0.137 e. The summed E-state index contributed by atoms with van der Waals surface area (Å²) in [5, 5.41) is 7.12. The lowest BCUT2D eigenvalue weighted by atomic mass is 10.0. The van der Waals surface area contributed by atoms with Crippen molar-refractivity contribution in [2.75, 3.05) is 0 Å². The van der Waals surface area contributed by atoms with Gasteiger partial charge < -0.3 is 9.73 Å². The van der Waals surface area contributed by atoms with Gasteiger partial charge in [-0.15, -0.1) is 0 Å². The summed E-state index contributed by atoms with van der Waals surface area (Å²) in [5.74, 6) is 0.949. The van der Waals surface area contributed by atoms with Crippen LogP contribution in [0.5, 0.6) is 0 Å². The van der Waals surface area contributed by atoms with Crippen molar-refractivity contribution in [1.82, 2.24) is 5.32 Å². The minimum atomic E-state index is 0.715. The fraction of sp³-hybridized carbons (Fsp3) is 0.0667. The van der Waals surface area contributed by atoms with Gasteiger partial charge in [-0.25, -0.2) is 0 Å². The molecule has 88 valence electrons. The Labute approximate surface area is 109 Å². The average molecular weight is 256 g/mol. The van der Waals surface area contributed by atoms with Crippen LogP contribution in [0.15, 0.2) is 40.9 Å². The largest absolute Gasteiger partial charge is 0.458 e. The van der Waals surface area contributed by atoms with Crippen LogP contribution >= 0.6 is 11.6 Å². The summed E-state index contributed by atoms with van der Waals surface area (Å²) in [6.07, 6.45) is 3.95. The van der Waals surface area contributed by atoms with Crippen molar-refractivity contribution in [3.63, 3.8) is 0 Å². The second kappa shape index (κ2) is 3.53. The average Bonchev–Trinajstić information content (AvgIpc) is 2.77. The highest BCUT2D eigenvalue weighted by Gasteiger charge is 2.18. The van der Waals surface area contributed by atoms with Gasteiger partial charge in [-0.3, -0.25) is 0 Å². The zero-order valence-corrected chi connectivity index (χ0v) is 10.3. The normalized spacial score (nSPS) is 13.8. The predicted octanol–water partition coefficient (Wildman–Crippen LogP) is 4.31. The second-order valence-electron chi connectivity index (χ2n) is 4.44. The predicted molar refractivity (Wildman–Crippen MR) is 74.6 cm³/mol. The lowest BCUT2D eigenvalue weighted by Crippen LogP contribution is -2.07. The second-order valence-corrected chi connectivity index (χ2v) is 4.82. The molecule has 0 bridgehead atoms. The molecule has 3 aromatic rings. The minimum Gasteiger partial charge on any atom is -0.458 e. The summed E-state index contributed by atoms with van der Waals surface area (Å²) < 4.78 is 5.88. The van der Waals surface area contributed by atoms with Crippen molar-refractivity contribution >= 4 is 39.4 Å². The van der Waals surface area contributed by atoms with Gasteiger partial charge in [0.05, 0.1) is 11.6 Å². The summed E-state index contributed by atoms with van der Waals surface area (Å²) in [6.45, 7) is 0.715. The summed E-state index contributed by atoms with van der Waals surface area (Å²) in [5.41, 5.74) is 1.96. The Kier molecular flexibility index (Phi) is 1.97. The lowest BCUT2D eigenvalue weighted by molar-refractivity contribution is 0.533. The summed E-state index contributed by atoms with van der Waals surface area (Å²) in [4.78, 5) is 0. The molecule has 1 aromatic heterocycles. The van der Waals surface area contributed by atoms with E-state index in [0.29, 0.717) is 6.54 Å². The monoisotopic (exact) mass is 255 g/mol. The van der Waals surface area contributed by atoms with Gasteiger partial charge in [0, 0.05) is 16.3 Å². The maximum atomic E-state index is 6.54. The van der Waals surface area contributed by atoms with E-state index in [2.05, 4.69) is 17.4 Å². The molecule has 3 heteroatoms. The van der Waals surface area contributed by atoms with Crippen LogP contribution < -0.4 is 5.32 Å². The lowest BCUT2D eigenvalue weighted by Gasteiger charge is -2.05. The van der Waals surface area contributed by atoms with E-state index in [0.717, 1.165) is 38.1 Å². The third-order valence-corrected chi connectivity index (χ3v) is 3.78. The Hall–Kier alpha value is -1.93. The van der Waals surface area contributed by atoms with E-state index in [1.807, 2.05) is 30.5 Å². The number of nitrogens with one attached hydrogen (secondary N) is 1. The first-order chi connectivity index (χ1) is 8.84. The quantitative estimate of drug-likeness (QED) is 0.647. The number of hydrogen-bond donors (Lipinski definition) is 1. The van der Waals surface area contributed by atoms with Crippen LogP contribution in [0.4, 0.5) is 0 Å². The van der Waals surface area contributed by atoms with Crippen molar-refractivity contribution in [2.24, 2.45) is 0 Å². The Bertz CT molecular complexity index is 801. The van der Waals surface area contributed by atoms with Gasteiger partial charge in [0.25, 0.3) is 0 Å². The van der Waals surface area contributed by atoms with Gasteiger partial charge in [-0.1, -0.05) is 35.9 Å². The molecule has 0 amide bonds. The highest BCUT2D eigenvalue weighted by molar-refractivity contribution is 6.41. The molecule has 1 aliphatic heterocycles. The molecule has 0 fully saturated rings. The molecule has 2 aromatic carbocycles. The van der Waals surface area contributed by atoms with E-state index < -0.39 is 0 Å². The summed E-state index contributed by atoms with van der Waals surface area (Å²) >= 11 is 6.54. The number of rotatable bonds is 0. The van der Waals surface area contributed by atoms with Crippen LogP contribution in [0.25, 0.3) is 27.8 Å². The highest BCUT2D eigenvalue weighted by atomic mass is 35.5. The molecular weight excluding hydrogens is 246 g/mol. The molecule has 4 rings (SSSR count). The number of furan rings is 1. The molecule has 2 heterocycles. The van der Waals surface area contributed by atoms with Crippen molar-refractivity contribution in [3.05, 3.63) is 52.9 Å². The third-order valence-electron chi connectivity index (χ3n) is 3.38. The van der Waals surface area contributed by atoms with E-state index in [9.17, 15) is 0 Å². The first-order valence-corrected chi connectivity index (χ1v) is 6.25. The molecule has 0 atom stereocenters. The van der Waals surface area contributed by atoms with Crippen molar-refractivity contribution < 1.29 is 4.42 Å². The van der Waals surface area contributed by atoms with Crippen LogP contribution in [0, 0.1) is 0 Å². The molecule has 18 heavy (non-hydrogen) atoms. The van der Waals surface area contributed by atoms with Crippen molar-refractivity contribution in [1.29, 1.82) is 0 Å². The zero-order chi connectivity index (χ0) is 12.1. The molecule has 0 radical (unpaired) electrons. The minimum absolute atomic E-state index is 0.715. The number of hydrogen-bond acceptors (Lipinski definition) is 2. The molecule has 0 unspecified atom stereocenters. The van der Waals surface area contributed by atoms with E-state index in [4.69, 9.17) is 16.0 Å². The fourth-order valence-electron chi connectivity index (χ4n) is 2.54. The van der Waals surface area contributed by atoms with E-state index in [-0.39, 0.29) is 0 Å². The zero-order valence-electron chi connectivity index (χ0n) is 9.53. The van der Waals surface area contributed by atoms with Gasteiger partial charge >= 0.3 is 0 Å². The van der Waals surface area contributed by atoms with Gasteiger partial charge in [0.2, 0.25) is 0 Å². The third kappa shape index (κ3) is 1.24. The number of benzene rings is 2. The maximum absolute atomic E-state index is 6.54. The first-order valence-electron chi connectivity index (χ1n) is 5.87. The molecule has 0 aliphatic carbocycles. The van der Waals surface area contributed by atoms with Crippen LogP contribution in [0.2, 0.25) is 5.02 Å². The highest BCUT2D eigenvalue weighted by Crippen LogP contribution is 2.38. The summed E-state index contributed by atoms with van der Waals surface area (Å²) in [6, 6.07) is 10.2. The van der Waals surface area contributed by atoms with Crippen LogP contribution in [0.1, 0.15) is 11.3 Å². The Morgan fingerprint density at radius 3 is 3.06 bits per heavy atom. The van der Waals surface area contributed by atoms with E-state index >= 15 is 0 Å². The van der Waals surface area contributed by atoms with E-state index in [1.165, 1.54) is 0 Å². The standard InChI is InChI=1S/C15H10ClNO/c16-15-10-4-2-1-3-9(10)7-12-14(15)11-5-6-17-8-13(11)18-12/h1-7,17H,8H2. The van der Waals surface area contributed by atoms with Gasteiger partial charge in [0.1, 0.15) is 11.3 Å². The van der Waals surface area contributed by atoms with E-state index in [1.54, 1.807) is 0 Å². The van der Waals surface area contributed by atoms with Crippen LogP contribution in [0.3, 0.4) is 0 Å². The fourth-order valence-corrected chi connectivity index (χ4v) is 2.91. The Balaban J connectivity index is 2.23. The van der Waals surface area contributed by atoms with Crippen molar-refractivity contribution in [2.45, 2.75) is 6.54 Å². The number of fused-ring (bicyclic) bond motifs is 4. The molecule has 0 saturated heterocycles. The van der Waals surface area contributed by atoms with Gasteiger partial charge in [-0.05, 0) is 23.7 Å². The topological polar surface area (TPSA) is 25.2 Å². The molecule has 2 nitrogen and oxygen atoms in total. The molecule has 1 aliphatic rings. The van der Waals surface area contributed by atoms with Crippen molar-refractivity contribution in [3.8, 4) is 0 Å². The molecule has 0 saturated carbocycles. The first kappa shape index (κ1) is 10.0. The maximum Gasteiger partial charge on any atom is 0.137 e. The molecule has 0 spiro atoms. The molecular formula is C15H10ClNO. The van der Waals surface area contributed by atoms with Gasteiger partial charge in [0.15, 0.2) is 0 Å². The van der Waals surface area contributed by atoms with Gasteiger partial charge in [-0.2, -0.15) is 0 Å². The van der Waals surface area contributed by atoms with Crippen LogP contribution in [-0.4, -0.2) is 0 Å². The molecule has 1 N–H and O–H groups in total. The number of halogens is 1. The Morgan fingerprint density at radius 2 is 2.11 bits per heavy atom. The van der Waals surface area contributed by atoms with Crippen LogP contribution in [-0.2, 0) is 6.54 Å².